The Morgan fingerprint density at radius 1 is 1.07 bits per heavy atom. The molecule has 1 N–H and O–H groups in total. The molecular weight excluding hydrogens is 338 g/mol. The second-order valence-electron chi connectivity index (χ2n) is 7.45. The molecular formula is C22H25N3O2. The molecule has 4 rings (SSSR count). The summed E-state index contributed by atoms with van der Waals surface area (Å²) in [6.07, 6.45) is 7.96. The third-order valence-corrected chi connectivity index (χ3v) is 5.76. The molecule has 2 heterocycles. The van der Waals surface area contributed by atoms with Gasteiger partial charge in [0.05, 0.1) is 5.92 Å². The topological polar surface area (TPSA) is 62.3 Å². The van der Waals surface area contributed by atoms with Gasteiger partial charge in [-0.15, -0.1) is 0 Å². The van der Waals surface area contributed by atoms with E-state index in [2.05, 4.69) is 16.4 Å². The smallest absolute Gasteiger partial charge is 0.230 e. The van der Waals surface area contributed by atoms with Crippen LogP contribution in [0.2, 0.25) is 0 Å². The average molecular weight is 363 g/mol. The first-order chi connectivity index (χ1) is 13.2. The van der Waals surface area contributed by atoms with Gasteiger partial charge in [0.1, 0.15) is 0 Å². The lowest BCUT2D eigenvalue weighted by atomic mass is 9.77. The minimum absolute atomic E-state index is 0.00983. The Morgan fingerprint density at radius 2 is 1.89 bits per heavy atom. The quantitative estimate of drug-likeness (QED) is 0.908. The molecule has 1 aromatic heterocycles. The van der Waals surface area contributed by atoms with E-state index in [1.54, 1.807) is 12.4 Å². The van der Waals surface area contributed by atoms with Gasteiger partial charge < -0.3 is 10.2 Å². The maximum absolute atomic E-state index is 13.3. The van der Waals surface area contributed by atoms with Gasteiger partial charge in [-0.2, -0.15) is 0 Å². The highest BCUT2D eigenvalue weighted by Crippen LogP contribution is 2.35. The van der Waals surface area contributed by atoms with Crippen LogP contribution in [0.5, 0.6) is 0 Å². The van der Waals surface area contributed by atoms with E-state index in [9.17, 15) is 9.59 Å². The first kappa shape index (κ1) is 17.7. The van der Waals surface area contributed by atoms with Gasteiger partial charge in [-0.05, 0) is 42.5 Å². The second-order valence-corrected chi connectivity index (χ2v) is 7.45. The van der Waals surface area contributed by atoms with E-state index in [0.29, 0.717) is 6.54 Å². The zero-order chi connectivity index (χ0) is 18.6. The second kappa shape index (κ2) is 7.91. The minimum Gasteiger partial charge on any atom is -0.352 e. The molecule has 27 heavy (non-hydrogen) atoms. The summed E-state index contributed by atoms with van der Waals surface area (Å²) < 4.78 is 0. The first-order valence-corrected chi connectivity index (χ1v) is 9.80. The molecule has 5 nitrogen and oxygen atoms in total. The molecule has 0 saturated heterocycles. The third-order valence-electron chi connectivity index (χ3n) is 5.76. The van der Waals surface area contributed by atoms with Gasteiger partial charge in [0.25, 0.3) is 0 Å². The van der Waals surface area contributed by atoms with Crippen molar-refractivity contribution in [2.75, 3.05) is 11.4 Å². The summed E-state index contributed by atoms with van der Waals surface area (Å²) in [6, 6.07) is 11.9. The predicted octanol–water partition coefficient (Wildman–Crippen LogP) is 3.09. The Bertz CT molecular complexity index is 821. The maximum atomic E-state index is 13.3. The molecule has 140 valence electrons. The lowest BCUT2D eigenvalue weighted by Gasteiger charge is -2.32. The zero-order valence-corrected chi connectivity index (χ0v) is 15.4. The lowest BCUT2D eigenvalue weighted by molar-refractivity contribution is -0.135. The molecule has 2 aromatic rings. The summed E-state index contributed by atoms with van der Waals surface area (Å²) in [7, 11) is 0. The van der Waals surface area contributed by atoms with Crippen molar-refractivity contribution in [3.63, 3.8) is 0 Å². The molecule has 0 bridgehead atoms. The molecule has 1 aliphatic carbocycles. The molecule has 2 atom stereocenters. The van der Waals surface area contributed by atoms with E-state index >= 15 is 0 Å². The first-order valence-electron chi connectivity index (χ1n) is 9.80. The Balaban J connectivity index is 1.46. The van der Waals surface area contributed by atoms with Crippen LogP contribution in [0.3, 0.4) is 0 Å². The molecule has 1 aliphatic heterocycles. The molecule has 5 heteroatoms. The van der Waals surface area contributed by atoms with Gasteiger partial charge in [0, 0.05) is 37.1 Å². The predicted molar refractivity (Wildman–Crippen MR) is 104 cm³/mol. The number of carbonyl (C=O) groups is 2. The van der Waals surface area contributed by atoms with Crippen molar-refractivity contribution in [3.05, 3.63) is 59.9 Å². The van der Waals surface area contributed by atoms with Crippen LogP contribution in [0.25, 0.3) is 0 Å². The van der Waals surface area contributed by atoms with Gasteiger partial charge in [0.2, 0.25) is 11.8 Å². The van der Waals surface area contributed by atoms with E-state index in [4.69, 9.17) is 0 Å². The fourth-order valence-corrected chi connectivity index (χ4v) is 4.33. The Morgan fingerprint density at radius 3 is 2.70 bits per heavy atom. The van der Waals surface area contributed by atoms with Gasteiger partial charge in [0.15, 0.2) is 0 Å². The number of hydrogen-bond donors (Lipinski definition) is 1. The van der Waals surface area contributed by atoms with Gasteiger partial charge in [-0.25, -0.2) is 0 Å². The molecule has 2 amide bonds. The Hall–Kier alpha value is -2.69. The fourth-order valence-electron chi connectivity index (χ4n) is 4.33. The highest BCUT2D eigenvalue weighted by molar-refractivity contribution is 5.99. The van der Waals surface area contributed by atoms with Gasteiger partial charge in [-0.1, -0.05) is 37.1 Å². The summed E-state index contributed by atoms with van der Waals surface area (Å²) >= 11 is 0. The molecule has 2 aliphatic rings. The van der Waals surface area contributed by atoms with Crippen LogP contribution in [0.15, 0.2) is 48.8 Å². The van der Waals surface area contributed by atoms with Gasteiger partial charge >= 0.3 is 0 Å². The molecule has 1 saturated carbocycles. The van der Waals surface area contributed by atoms with Crippen LogP contribution in [0.4, 0.5) is 5.69 Å². The lowest BCUT2D eigenvalue weighted by Crippen LogP contribution is -2.45. The summed E-state index contributed by atoms with van der Waals surface area (Å²) in [5.41, 5.74) is 3.21. The molecule has 0 radical (unpaired) electrons. The van der Waals surface area contributed by atoms with Gasteiger partial charge in [-0.3, -0.25) is 14.6 Å². The van der Waals surface area contributed by atoms with E-state index in [-0.39, 0.29) is 23.7 Å². The molecule has 1 aromatic carbocycles. The number of pyridine rings is 1. The minimum atomic E-state index is -0.240. The van der Waals surface area contributed by atoms with Crippen LogP contribution >= 0.6 is 0 Å². The number of nitrogens with zero attached hydrogens (tertiary/aromatic N) is 2. The number of fused-ring (bicyclic) bond motifs is 1. The summed E-state index contributed by atoms with van der Waals surface area (Å²) in [5.74, 6) is -0.361. The van der Waals surface area contributed by atoms with Crippen LogP contribution in [0.1, 0.15) is 36.8 Å². The summed E-state index contributed by atoms with van der Waals surface area (Å²) in [5, 5.41) is 3.01. The number of aromatic nitrogens is 1. The molecule has 0 unspecified atom stereocenters. The van der Waals surface area contributed by atoms with Crippen molar-refractivity contribution in [2.24, 2.45) is 11.8 Å². The number of para-hydroxylation sites is 1. The van der Waals surface area contributed by atoms with E-state index in [1.807, 2.05) is 35.2 Å². The van der Waals surface area contributed by atoms with Crippen molar-refractivity contribution in [1.29, 1.82) is 0 Å². The largest absolute Gasteiger partial charge is 0.352 e. The van der Waals surface area contributed by atoms with Crippen LogP contribution in [-0.4, -0.2) is 23.3 Å². The average Bonchev–Trinajstić information content (AvgIpc) is 3.16. The van der Waals surface area contributed by atoms with Crippen molar-refractivity contribution >= 4 is 17.5 Å². The number of rotatable bonds is 4. The highest BCUT2D eigenvalue weighted by Gasteiger charge is 2.39. The summed E-state index contributed by atoms with van der Waals surface area (Å²) in [4.78, 5) is 32.1. The number of carbonyl (C=O) groups excluding carboxylic acids is 2. The monoisotopic (exact) mass is 363 g/mol. The number of anilines is 1. The normalized spacial score (nSPS) is 21.6. The Labute approximate surface area is 159 Å². The SMILES string of the molecule is O=C(NCc1cccnc1)[C@@H]1CCCC[C@H]1C(=O)N1CCc2ccccc21. The zero-order valence-electron chi connectivity index (χ0n) is 15.4. The third kappa shape index (κ3) is 3.72. The summed E-state index contributed by atoms with van der Waals surface area (Å²) in [6.45, 7) is 1.18. The fraction of sp³-hybridized carbons (Fsp3) is 0.409. The van der Waals surface area contributed by atoms with Crippen molar-refractivity contribution in [1.82, 2.24) is 10.3 Å². The van der Waals surface area contributed by atoms with Crippen LogP contribution in [-0.2, 0) is 22.6 Å². The van der Waals surface area contributed by atoms with Crippen molar-refractivity contribution in [2.45, 2.75) is 38.6 Å². The van der Waals surface area contributed by atoms with E-state index < -0.39 is 0 Å². The van der Waals surface area contributed by atoms with Crippen molar-refractivity contribution < 1.29 is 9.59 Å². The standard InChI is InChI=1S/C22H25N3O2/c26-21(24-15-16-6-5-12-23-14-16)18-8-2-3-9-19(18)22(27)25-13-11-17-7-1-4-10-20(17)25/h1,4-7,10,12,14,18-19H,2-3,8-9,11,13,15H2,(H,24,26)/t18-,19-/m1/s1. The van der Waals surface area contributed by atoms with Crippen LogP contribution in [0, 0.1) is 11.8 Å². The number of nitrogens with one attached hydrogen (secondary N) is 1. The number of benzene rings is 1. The molecule has 1 fully saturated rings. The number of amides is 2. The number of hydrogen-bond acceptors (Lipinski definition) is 3. The van der Waals surface area contributed by atoms with Crippen LogP contribution < -0.4 is 10.2 Å². The maximum Gasteiger partial charge on any atom is 0.230 e. The highest BCUT2D eigenvalue weighted by atomic mass is 16.2. The molecule has 0 spiro atoms. The van der Waals surface area contributed by atoms with Crippen molar-refractivity contribution in [3.8, 4) is 0 Å². The van der Waals surface area contributed by atoms with E-state index in [0.717, 1.165) is 49.9 Å². The van der Waals surface area contributed by atoms with E-state index in [1.165, 1.54) is 5.56 Å². The Kier molecular flexibility index (Phi) is 5.19.